The number of methoxy groups -OCH3 is 2. The first-order valence-electron chi connectivity index (χ1n) is 18.8. The summed E-state index contributed by atoms with van der Waals surface area (Å²) >= 11 is 0. The van der Waals surface area contributed by atoms with Gasteiger partial charge in [0.2, 0.25) is 0 Å². The minimum atomic E-state index is 0.354. The number of ether oxygens (including phenoxy) is 2. The molecular formula is C37H66N2O2. The molecule has 1 saturated heterocycles. The Kier molecular flexibility index (Phi) is 11.5. The second-order valence-corrected chi connectivity index (χ2v) is 15.7. The van der Waals surface area contributed by atoms with Crippen molar-refractivity contribution in [2.45, 2.75) is 197 Å². The second-order valence-electron chi connectivity index (χ2n) is 15.7. The van der Waals surface area contributed by atoms with Crippen molar-refractivity contribution in [3.63, 3.8) is 0 Å². The van der Waals surface area contributed by atoms with Crippen LogP contribution in [0, 0.1) is 23.7 Å². The monoisotopic (exact) mass is 571 g/mol. The SMILES string of the molecule is COC1CCC(C2CC(C3CCC(N(C4CCCCC4)C4CCCCC4)CC3)CC(C3CCCCC3)N2)C(OC)C1. The molecule has 1 heterocycles. The van der Waals surface area contributed by atoms with E-state index in [9.17, 15) is 0 Å². The molecule has 41 heavy (non-hydrogen) atoms. The van der Waals surface area contributed by atoms with E-state index in [0.29, 0.717) is 24.2 Å². The third kappa shape index (κ3) is 7.56. The highest BCUT2D eigenvalue weighted by Gasteiger charge is 2.44. The summed E-state index contributed by atoms with van der Waals surface area (Å²) in [5, 5.41) is 4.34. The van der Waals surface area contributed by atoms with Crippen LogP contribution in [-0.4, -0.2) is 61.5 Å². The Balaban J connectivity index is 1.13. The van der Waals surface area contributed by atoms with E-state index in [0.717, 1.165) is 48.3 Å². The van der Waals surface area contributed by atoms with Crippen molar-refractivity contribution < 1.29 is 9.47 Å². The van der Waals surface area contributed by atoms with Crippen molar-refractivity contribution in [1.29, 1.82) is 0 Å². The first-order chi connectivity index (χ1) is 20.2. The lowest BCUT2D eigenvalue weighted by Gasteiger charge is -2.51. The molecule has 6 unspecified atom stereocenters. The van der Waals surface area contributed by atoms with E-state index in [1.807, 2.05) is 14.2 Å². The molecule has 6 atom stereocenters. The molecule has 1 N–H and O–H groups in total. The van der Waals surface area contributed by atoms with Gasteiger partial charge in [0.1, 0.15) is 0 Å². The van der Waals surface area contributed by atoms with Crippen LogP contribution in [0.2, 0.25) is 0 Å². The van der Waals surface area contributed by atoms with Gasteiger partial charge in [-0.05, 0) is 108 Å². The van der Waals surface area contributed by atoms with Gasteiger partial charge in [-0.2, -0.15) is 0 Å². The maximum atomic E-state index is 6.18. The number of hydrogen-bond donors (Lipinski definition) is 1. The summed E-state index contributed by atoms with van der Waals surface area (Å²) in [5.41, 5.74) is 0. The number of nitrogens with zero attached hydrogens (tertiary/aromatic N) is 1. The summed E-state index contributed by atoms with van der Waals surface area (Å²) < 4.78 is 12.0. The molecule has 0 aromatic carbocycles. The van der Waals surface area contributed by atoms with Crippen LogP contribution in [0.15, 0.2) is 0 Å². The summed E-state index contributed by atoms with van der Waals surface area (Å²) in [5.74, 6) is 3.45. The van der Waals surface area contributed by atoms with Crippen LogP contribution >= 0.6 is 0 Å². The predicted molar refractivity (Wildman–Crippen MR) is 170 cm³/mol. The molecule has 0 radical (unpaired) electrons. The lowest BCUT2D eigenvalue weighted by Crippen LogP contribution is -2.57. The summed E-state index contributed by atoms with van der Waals surface area (Å²) in [6.45, 7) is 0. The number of rotatable bonds is 8. The molecule has 0 aromatic rings. The fourth-order valence-corrected chi connectivity index (χ4v) is 11.3. The van der Waals surface area contributed by atoms with Gasteiger partial charge in [-0.3, -0.25) is 4.90 Å². The average Bonchev–Trinajstić information content (AvgIpc) is 3.06. The zero-order valence-electron chi connectivity index (χ0n) is 27.1. The first kappa shape index (κ1) is 30.8. The van der Waals surface area contributed by atoms with Crippen molar-refractivity contribution >= 4 is 0 Å². The molecule has 6 rings (SSSR count). The van der Waals surface area contributed by atoms with E-state index in [2.05, 4.69) is 10.2 Å². The second kappa shape index (κ2) is 15.2. The topological polar surface area (TPSA) is 33.7 Å². The van der Waals surface area contributed by atoms with Crippen molar-refractivity contribution in [2.24, 2.45) is 23.7 Å². The molecule has 1 aliphatic heterocycles. The Morgan fingerprint density at radius 3 is 1.61 bits per heavy atom. The highest BCUT2D eigenvalue weighted by Crippen LogP contribution is 2.45. The summed E-state index contributed by atoms with van der Waals surface area (Å²) in [4.78, 5) is 3.18. The summed E-state index contributed by atoms with van der Waals surface area (Å²) in [6, 6.07) is 4.07. The molecule has 4 nitrogen and oxygen atoms in total. The lowest BCUT2D eigenvalue weighted by atomic mass is 9.66. The zero-order chi connectivity index (χ0) is 28.0. The van der Waals surface area contributed by atoms with E-state index in [4.69, 9.17) is 9.47 Å². The molecule has 5 saturated carbocycles. The fourth-order valence-electron chi connectivity index (χ4n) is 11.3. The molecule has 0 bridgehead atoms. The van der Waals surface area contributed by atoms with Crippen LogP contribution in [0.4, 0.5) is 0 Å². The van der Waals surface area contributed by atoms with Crippen molar-refractivity contribution in [3.05, 3.63) is 0 Å². The van der Waals surface area contributed by atoms with Crippen LogP contribution in [0.1, 0.15) is 154 Å². The zero-order valence-corrected chi connectivity index (χ0v) is 27.1. The van der Waals surface area contributed by atoms with Gasteiger partial charge in [-0.1, -0.05) is 57.8 Å². The predicted octanol–water partition coefficient (Wildman–Crippen LogP) is 8.66. The first-order valence-corrected chi connectivity index (χ1v) is 18.8. The Labute approximate surface area is 253 Å². The highest BCUT2D eigenvalue weighted by molar-refractivity contribution is 4.99. The quantitative estimate of drug-likeness (QED) is 0.317. The van der Waals surface area contributed by atoms with Crippen LogP contribution < -0.4 is 5.32 Å². The molecule has 0 spiro atoms. The average molecular weight is 571 g/mol. The number of hydrogen-bond acceptors (Lipinski definition) is 4. The minimum absolute atomic E-state index is 0.354. The Bertz CT molecular complexity index is 732. The van der Waals surface area contributed by atoms with Crippen molar-refractivity contribution in [2.75, 3.05) is 14.2 Å². The number of nitrogens with one attached hydrogen (secondary N) is 1. The Morgan fingerprint density at radius 1 is 0.463 bits per heavy atom. The Hall–Kier alpha value is -0.160. The Morgan fingerprint density at radius 2 is 1.02 bits per heavy atom. The van der Waals surface area contributed by atoms with Gasteiger partial charge in [0.05, 0.1) is 12.2 Å². The lowest BCUT2D eigenvalue weighted by molar-refractivity contribution is -0.0620. The minimum Gasteiger partial charge on any atom is -0.381 e. The van der Waals surface area contributed by atoms with Crippen LogP contribution in [0.25, 0.3) is 0 Å². The molecule has 0 aromatic heterocycles. The van der Waals surface area contributed by atoms with Gasteiger partial charge in [0.25, 0.3) is 0 Å². The van der Waals surface area contributed by atoms with Crippen molar-refractivity contribution in [1.82, 2.24) is 10.2 Å². The van der Waals surface area contributed by atoms with E-state index < -0.39 is 0 Å². The van der Waals surface area contributed by atoms with E-state index in [1.165, 1.54) is 148 Å². The molecule has 5 aliphatic carbocycles. The van der Waals surface area contributed by atoms with E-state index >= 15 is 0 Å². The molecule has 236 valence electrons. The summed E-state index contributed by atoms with van der Waals surface area (Å²) in [6.07, 6.45) is 35.3. The highest BCUT2D eigenvalue weighted by atomic mass is 16.5. The van der Waals surface area contributed by atoms with Crippen molar-refractivity contribution in [3.8, 4) is 0 Å². The normalized spacial score (nSPS) is 41.0. The molecule has 0 amide bonds. The van der Waals surface area contributed by atoms with Crippen LogP contribution in [0.5, 0.6) is 0 Å². The van der Waals surface area contributed by atoms with Gasteiger partial charge < -0.3 is 14.8 Å². The van der Waals surface area contributed by atoms with Gasteiger partial charge >= 0.3 is 0 Å². The van der Waals surface area contributed by atoms with E-state index in [-0.39, 0.29) is 0 Å². The third-order valence-corrected chi connectivity index (χ3v) is 13.5. The molecule has 4 heteroatoms. The maximum absolute atomic E-state index is 6.18. The van der Waals surface area contributed by atoms with Gasteiger partial charge in [-0.15, -0.1) is 0 Å². The van der Waals surface area contributed by atoms with Gasteiger partial charge in [0, 0.05) is 56.8 Å². The number of piperidine rings is 1. The standard InChI is InChI=1S/C37H66N2O2/c1-40-33-22-23-34(37(26-33)41-2)36-25-29(24-35(38-36)28-12-6-3-7-13-28)27-18-20-32(21-19-27)39(30-14-8-4-9-15-30)31-16-10-5-11-17-31/h27-38H,3-26H2,1-2H3. The van der Waals surface area contributed by atoms with Crippen LogP contribution in [0.3, 0.4) is 0 Å². The van der Waals surface area contributed by atoms with E-state index in [1.54, 1.807) is 0 Å². The van der Waals surface area contributed by atoms with Gasteiger partial charge in [0.15, 0.2) is 0 Å². The largest absolute Gasteiger partial charge is 0.381 e. The maximum Gasteiger partial charge on any atom is 0.0639 e. The van der Waals surface area contributed by atoms with Crippen LogP contribution in [-0.2, 0) is 9.47 Å². The molecule has 6 fully saturated rings. The molecule has 6 aliphatic rings. The molecular weight excluding hydrogens is 504 g/mol. The van der Waals surface area contributed by atoms with Gasteiger partial charge in [-0.25, -0.2) is 0 Å². The third-order valence-electron chi connectivity index (χ3n) is 13.5. The smallest absolute Gasteiger partial charge is 0.0639 e. The summed E-state index contributed by atoms with van der Waals surface area (Å²) in [7, 11) is 3.85. The fraction of sp³-hybridized carbons (Fsp3) is 1.00.